The minimum atomic E-state index is -0.882. The van der Waals surface area contributed by atoms with Crippen molar-refractivity contribution in [1.29, 1.82) is 0 Å². The van der Waals surface area contributed by atoms with E-state index in [0.717, 1.165) is 68.6 Å². The van der Waals surface area contributed by atoms with Crippen LogP contribution in [0.5, 0.6) is 0 Å². The van der Waals surface area contributed by atoms with Gasteiger partial charge in [-0.3, -0.25) is 24.2 Å². The number of aromatic amines is 1. The molecule has 8 heteroatoms. The lowest BCUT2D eigenvalue weighted by molar-refractivity contribution is -0.138. The summed E-state index contributed by atoms with van der Waals surface area (Å²) in [5, 5.41) is 3.18. The zero-order chi connectivity index (χ0) is 24.0. The molecule has 2 amide bonds. The van der Waals surface area contributed by atoms with Crippen molar-refractivity contribution >= 4 is 17.5 Å². The van der Waals surface area contributed by atoms with E-state index in [1.807, 2.05) is 35.2 Å². The van der Waals surface area contributed by atoms with Crippen LogP contribution in [0.2, 0.25) is 0 Å². The lowest BCUT2D eigenvalue weighted by atomic mass is 9.78. The Bertz CT molecular complexity index is 1200. The number of amides is 2. The molecule has 4 aliphatic heterocycles. The first-order valence-electron chi connectivity index (χ1n) is 13.0. The number of rotatable bonds is 2. The van der Waals surface area contributed by atoms with Gasteiger partial charge in [-0.15, -0.1) is 0 Å². The predicted molar refractivity (Wildman–Crippen MR) is 133 cm³/mol. The van der Waals surface area contributed by atoms with Crippen LogP contribution in [-0.2, 0) is 21.7 Å². The van der Waals surface area contributed by atoms with Crippen LogP contribution in [0.4, 0.5) is 5.69 Å². The highest BCUT2D eigenvalue weighted by atomic mass is 16.2. The Balaban J connectivity index is 1.34. The van der Waals surface area contributed by atoms with Crippen molar-refractivity contribution in [3.8, 4) is 0 Å². The zero-order valence-corrected chi connectivity index (χ0v) is 20.0. The van der Waals surface area contributed by atoms with Gasteiger partial charge in [0.25, 0.3) is 11.5 Å². The molecule has 1 spiro atoms. The zero-order valence-electron chi connectivity index (χ0n) is 20.0. The van der Waals surface area contributed by atoms with Crippen molar-refractivity contribution in [2.75, 3.05) is 37.6 Å². The molecule has 35 heavy (non-hydrogen) atoms. The number of para-hydroxylation sites is 1. The molecule has 3 atom stereocenters. The normalized spacial score (nSPS) is 29.5. The average Bonchev–Trinajstić information content (AvgIpc) is 3.51. The number of hydrogen-bond donors (Lipinski definition) is 2. The molecule has 4 aliphatic rings. The molecule has 2 N–H and O–H groups in total. The predicted octanol–water partition coefficient (Wildman–Crippen LogP) is 1.81. The van der Waals surface area contributed by atoms with Crippen molar-refractivity contribution in [2.45, 2.75) is 50.2 Å². The van der Waals surface area contributed by atoms with Crippen molar-refractivity contribution < 1.29 is 9.59 Å². The van der Waals surface area contributed by atoms with Crippen LogP contribution in [0.1, 0.15) is 43.2 Å². The molecule has 0 saturated carbocycles. The molecule has 3 saturated heterocycles. The van der Waals surface area contributed by atoms with Crippen LogP contribution >= 0.6 is 0 Å². The van der Waals surface area contributed by atoms with Crippen molar-refractivity contribution in [3.63, 3.8) is 0 Å². The molecule has 2 aromatic rings. The minimum Gasteiger partial charge on any atom is -0.356 e. The molecule has 5 heterocycles. The van der Waals surface area contributed by atoms with Gasteiger partial charge >= 0.3 is 0 Å². The fourth-order valence-corrected chi connectivity index (χ4v) is 6.96. The van der Waals surface area contributed by atoms with Gasteiger partial charge in [0.15, 0.2) is 0 Å². The van der Waals surface area contributed by atoms with E-state index in [-0.39, 0.29) is 29.3 Å². The third kappa shape index (κ3) is 3.53. The summed E-state index contributed by atoms with van der Waals surface area (Å²) in [4.78, 5) is 49.5. The van der Waals surface area contributed by atoms with Crippen LogP contribution in [0.3, 0.4) is 0 Å². The van der Waals surface area contributed by atoms with Gasteiger partial charge in [0.1, 0.15) is 5.54 Å². The van der Waals surface area contributed by atoms with Crippen molar-refractivity contribution in [1.82, 2.24) is 20.1 Å². The number of hydrogen-bond acceptors (Lipinski definition) is 5. The minimum absolute atomic E-state index is 0.00490. The number of nitrogens with zero attached hydrogens (tertiary/aromatic N) is 3. The Morgan fingerprint density at radius 3 is 2.69 bits per heavy atom. The Morgan fingerprint density at radius 2 is 1.80 bits per heavy atom. The van der Waals surface area contributed by atoms with Gasteiger partial charge in [-0.2, -0.15) is 0 Å². The molecule has 0 aliphatic carbocycles. The molecule has 0 unspecified atom stereocenters. The van der Waals surface area contributed by atoms with E-state index in [1.165, 1.54) is 0 Å². The quantitative estimate of drug-likeness (QED) is 0.692. The summed E-state index contributed by atoms with van der Waals surface area (Å²) < 4.78 is 0. The number of H-pyrrole nitrogens is 1. The monoisotopic (exact) mass is 475 g/mol. The summed E-state index contributed by atoms with van der Waals surface area (Å²) in [6, 6.07) is 12.1. The molecular formula is C27H33N5O3. The third-order valence-corrected chi connectivity index (χ3v) is 8.44. The van der Waals surface area contributed by atoms with E-state index < -0.39 is 5.54 Å². The maximum Gasteiger partial charge on any atom is 0.253 e. The summed E-state index contributed by atoms with van der Waals surface area (Å²) >= 11 is 0. The second-order valence-electron chi connectivity index (χ2n) is 10.3. The van der Waals surface area contributed by atoms with Gasteiger partial charge in [0.05, 0.1) is 5.92 Å². The lowest BCUT2D eigenvalue weighted by Gasteiger charge is -2.37. The summed E-state index contributed by atoms with van der Waals surface area (Å²) in [6.07, 6.45) is 6.12. The van der Waals surface area contributed by atoms with Crippen LogP contribution in [0.15, 0.2) is 47.4 Å². The number of pyridine rings is 1. The number of fused-ring (bicyclic) bond motifs is 4. The number of benzene rings is 1. The van der Waals surface area contributed by atoms with Crippen molar-refractivity contribution in [3.05, 3.63) is 64.1 Å². The first-order chi connectivity index (χ1) is 17.1. The molecule has 6 rings (SSSR count). The fourth-order valence-electron chi connectivity index (χ4n) is 6.96. The highest BCUT2D eigenvalue weighted by molar-refractivity contribution is 6.10. The Hall–Kier alpha value is -2.97. The largest absolute Gasteiger partial charge is 0.356 e. The van der Waals surface area contributed by atoms with Crippen LogP contribution in [0, 0.1) is 5.92 Å². The third-order valence-electron chi connectivity index (χ3n) is 8.44. The van der Waals surface area contributed by atoms with Crippen LogP contribution in [-0.4, -0.2) is 65.4 Å². The van der Waals surface area contributed by atoms with Crippen LogP contribution in [0.25, 0.3) is 0 Å². The maximum atomic E-state index is 14.3. The average molecular weight is 476 g/mol. The molecule has 3 fully saturated rings. The van der Waals surface area contributed by atoms with E-state index in [1.54, 1.807) is 6.20 Å². The SMILES string of the molecule is O=C1NCCCN(Cc2ccc[nH]c2=O)CCCN2C(=O)[C@@]3(c4ccccc42)[C@H]1C[C@@H]1CCCN13. The Labute approximate surface area is 205 Å². The maximum absolute atomic E-state index is 14.3. The topological polar surface area (TPSA) is 88.7 Å². The lowest BCUT2D eigenvalue weighted by Crippen LogP contribution is -2.56. The van der Waals surface area contributed by atoms with E-state index in [2.05, 4.69) is 26.2 Å². The highest BCUT2D eigenvalue weighted by Crippen LogP contribution is 2.57. The molecule has 184 valence electrons. The van der Waals surface area contributed by atoms with Gasteiger partial charge < -0.3 is 15.2 Å². The molecule has 2 bridgehead atoms. The van der Waals surface area contributed by atoms with Gasteiger partial charge in [0, 0.05) is 61.8 Å². The van der Waals surface area contributed by atoms with E-state index in [0.29, 0.717) is 19.6 Å². The summed E-state index contributed by atoms with van der Waals surface area (Å²) in [7, 11) is 0. The van der Waals surface area contributed by atoms with Gasteiger partial charge in [0.2, 0.25) is 5.91 Å². The number of anilines is 1. The van der Waals surface area contributed by atoms with E-state index in [9.17, 15) is 14.4 Å². The molecular weight excluding hydrogens is 442 g/mol. The number of nitrogens with one attached hydrogen (secondary N) is 2. The standard InChI is InChI=1S/C27H33N5O3/c33-24-19(7-3-11-28-24)18-30-13-5-12-29-25(34)22-17-20-8-4-16-32(20)27(22)21-9-1-2-10-23(21)31(26(27)35)15-6-14-30/h1-3,7,9-11,20,22H,4-6,8,12-18H2,(H,28,33)(H,29,34)/t20-,22-,27+/m0/s1. The number of carbonyl (C=O) groups is 2. The fraction of sp³-hybridized carbons (Fsp3) is 0.519. The van der Waals surface area contributed by atoms with Gasteiger partial charge in [-0.05, 0) is 50.8 Å². The smallest absolute Gasteiger partial charge is 0.253 e. The summed E-state index contributed by atoms with van der Waals surface area (Å²) in [5.74, 6) is -0.311. The number of carbonyl (C=O) groups excluding carboxylic acids is 2. The van der Waals surface area contributed by atoms with E-state index >= 15 is 0 Å². The van der Waals surface area contributed by atoms with Crippen LogP contribution < -0.4 is 15.8 Å². The molecule has 0 radical (unpaired) electrons. The Kier molecular flexibility index (Phi) is 5.73. The molecule has 8 nitrogen and oxygen atoms in total. The highest BCUT2D eigenvalue weighted by Gasteiger charge is 2.66. The van der Waals surface area contributed by atoms with E-state index in [4.69, 9.17) is 0 Å². The second-order valence-corrected chi connectivity index (χ2v) is 10.3. The second kappa shape index (κ2) is 8.91. The summed E-state index contributed by atoms with van der Waals surface area (Å²) in [5.41, 5.74) is 1.73. The first kappa shape index (κ1) is 22.5. The summed E-state index contributed by atoms with van der Waals surface area (Å²) in [6.45, 7) is 4.14. The molecule has 1 aromatic heterocycles. The van der Waals surface area contributed by atoms with Gasteiger partial charge in [-0.1, -0.05) is 24.3 Å². The molecule has 1 aromatic carbocycles. The first-order valence-corrected chi connectivity index (χ1v) is 13.0. The van der Waals surface area contributed by atoms with Gasteiger partial charge in [-0.25, -0.2) is 0 Å². The Morgan fingerprint density at radius 1 is 0.943 bits per heavy atom. The van der Waals surface area contributed by atoms with Crippen molar-refractivity contribution in [2.24, 2.45) is 5.92 Å². The number of aromatic nitrogens is 1.